The van der Waals surface area contributed by atoms with Gasteiger partial charge in [0.25, 0.3) is 0 Å². The van der Waals surface area contributed by atoms with Crippen molar-refractivity contribution in [3.63, 3.8) is 0 Å². The minimum atomic E-state index is 0.657. The molecule has 1 saturated carbocycles. The van der Waals surface area contributed by atoms with Crippen LogP contribution in [0.15, 0.2) is 18.3 Å². The zero-order chi connectivity index (χ0) is 14.2. The second-order valence-electron chi connectivity index (χ2n) is 5.89. The number of rotatable bonds is 10. The predicted molar refractivity (Wildman–Crippen MR) is 82.9 cm³/mol. The van der Waals surface area contributed by atoms with Crippen molar-refractivity contribution in [1.82, 2.24) is 10.3 Å². The normalized spacial score (nSPS) is 16.1. The van der Waals surface area contributed by atoms with E-state index in [9.17, 15) is 0 Å². The van der Waals surface area contributed by atoms with Gasteiger partial charge in [-0.2, -0.15) is 0 Å². The number of aromatic nitrogens is 1. The van der Waals surface area contributed by atoms with Crippen LogP contribution >= 0.6 is 0 Å². The van der Waals surface area contributed by atoms with E-state index in [4.69, 9.17) is 4.74 Å². The molecule has 3 nitrogen and oxygen atoms in total. The Bertz CT molecular complexity index is 390. The number of hydrogen-bond acceptors (Lipinski definition) is 3. The molecule has 3 heteroatoms. The van der Waals surface area contributed by atoms with Gasteiger partial charge in [0, 0.05) is 24.8 Å². The number of pyridine rings is 1. The summed E-state index contributed by atoms with van der Waals surface area (Å²) >= 11 is 0. The minimum Gasteiger partial charge on any atom is -0.477 e. The van der Waals surface area contributed by atoms with Crippen molar-refractivity contribution in [2.45, 2.75) is 65.0 Å². The lowest BCUT2D eigenvalue weighted by Gasteiger charge is -2.15. The Morgan fingerprint density at radius 2 is 2.25 bits per heavy atom. The summed E-state index contributed by atoms with van der Waals surface area (Å²) < 4.78 is 5.88. The number of nitrogens with one attached hydrogen (secondary N) is 1. The van der Waals surface area contributed by atoms with Crippen molar-refractivity contribution < 1.29 is 4.74 Å². The zero-order valence-electron chi connectivity index (χ0n) is 12.9. The Morgan fingerprint density at radius 3 is 2.95 bits per heavy atom. The highest BCUT2D eigenvalue weighted by Crippen LogP contribution is 2.20. The number of unbranched alkanes of at least 4 members (excludes halogenated alkanes) is 1. The van der Waals surface area contributed by atoms with E-state index >= 15 is 0 Å². The van der Waals surface area contributed by atoms with E-state index in [0.29, 0.717) is 5.92 Å². The lowest BCUT2D eigenvalue weighted by molar-refractivity contribution is 0.225. The van der Waals surface area contributed by atoms with E-state index in [0.717, 1.165) is 25.1 Å². The molecule has 112 valence electrons. The second-order valence-corrected chi connectivity index (χ2v) is 5.89. The highest BCUT2D eigenvalue weighted by atomic mass is 16.5. The monoisotopic (exact) mass is 276 g/mol. The van der Waals surface area contributed by atoms with Gasteiger partial charge in [0.05, 0.1) is 6.61 Å². The van der Waals surface area contributed by atoms with Crippen molar-refractivity contribution in [1.29, 1.82) is 0 Å². The van der Waals surface area contributed by atoms with Gasteiger partial charge in [0.2, 0.25) is 5.88 Å². The van der Waals surface area contributed by atoms with Gasteiger partial charge in [-0.3, -0.25) is 0 Å². The van der Waals surface area contributed by atoms with Crippen molar-refractivity contribution in [3.05, 3.63) is 23.9 Å². The quantitative estimate of drug-likeness (QED) is 0.703. The fourth-order valence-electron chi connectivity index (χ4n) is 2.29. The van der Waals surface area contributed by atoms with E-state index < -0.39 is 0 Å². The van der Waals surface area contributed by atoms with E-state index in [2.05, 4.69) is 36.3 Å². The first-order valence-corrected chi connectivity index (χ1v) is 8.13. The van der Waals surface area contributed by atoms with E-state index in [1.54, 1.807) is 0 Å². The molecular weight excluding hydrogens is 248 g/mol. The second kappa shape index (κ2) is 8.25. The van der Waals surface area contributed by atoms with E-state index in [1.165, 1.54) is 44.1 Å². The Morgan fingerprint density at radius 1 is 1.40 bits per heavy atom. The summed E-state index contributed by atoms with van der Waals surface area (Å²) in [5, 5.41) is 3.52. The summed E-state index contributed by atoms with van der Waals surface area (Å²) in [5.41, 5.74) is 1.27. The molecule has 1 aromatic rings. The average Bonchev–Trinajstić information content (AvgIpc) is 3.30. The summed E-state index contributed by atoms with van der Waals surface area (Å²) in [5.74, 6) is 1.43. The van der Waals surface area contributed by atoms with Gasteiger partial charge in [-0.25, -0.2) is 4.98 Å². The van der Waals surface area contributed by atoms with Crippen LogP contribution in [0.25, 0.3) is 0 Å². The van der Waals surface area contributed by atoms with Gasteiger partial charge in [-0.1, -0.05) is 33.1 Å². The van der Waals surface area contributed by atoms with E-state index in [-0.39, 0.29) is 0 Å². The van der Waals surface area contributed by atoms with E-state index in [1.807, 2.05) is 6.20 Å². The average molecular weight is 276 g/mol. The van der Waals surface area contributed by atoms with Crippen molar-refractivity contribution in [2.75, 3.05) is 6.61 Å². The van der Waals surface area contributed by atoms with Crippen LogP contribution in [0, 0.1) is 5.92 Å². The van der Waals surface area contributed by atoms with Crippen molar-refractivity contribution in [2.24, 2.45) is 5.92 Å². The Balaban J connectivity index is 1.77. The number of nitrogens with zero attached hydrogens (tertiary/aromatic N) is 1. The first kappa shape index (κ1) is 15.3. The largest absolute Gasteiger partial charge is 0.477 e. The molecule has 20 heavy (non-hydrogen) atoms. The molecule has 0 aliphatic heterocycles. The van der Waals surface area contributed by atoms with Crippen LogP contribution in [0.4, 0.5) is 0 Å². The van der Waals surface area contributed by atoms with Crippen LogP contribution in [-0.2, 0) is 6.54 Å². The molecule has 1 atom stereocenters. The molecule has 1 heterocycles. The van der Waals surface area contributed by atoms with Gasteiger partial charge in [0.1, 0.15) is 0 Å². The number of ether oxygens (including phenoxy) is 1. The summed E-state index contributed by atoms with van der Waals surface area (Å²) in [6.07, 6.45) is 9.50. The van der Waals surface area contributed by atoms with Gasteiger partial charge >= 0.3 is 0 Å². The lowest BCUT2D eigenvalue weighted by atomic mass is 10.0. The molecule has 0 bridgehead atoms. The minimum absolute atomic E-state index is 0.657. The van der Waals surface area contributed by atoms with Crippen LogP contribution in [-0.4, -0.2) is 17.6 Å². The molecule has 1 fully saturated rings. The molecule has 0 spiro atoms. The van der Waals surface area contributed by atoms with Crippen LogP contribution < -0.4 is 10.1 Å². The summed E-state index contributed by atoms with van der Waals surface area (Å²) in [6, 6.07) is 4.88. The predicted octanol–water partition coefficient (Wildman–Crippen LogP) is 3.93. The standard InChI is InChI=1S/C17H28N2O/c1-3-5-6-14(4-2)13-20-17-11-15(9-10-18-17)12-19-16-7-8-16/h9-11,14,16,19H,3-8,12-13H2,1-2H3. The maximum Gasteiger partial charge on any atom is 0.213 e. The first-order valence-electron chi connectivity index (χ1n) is 8.13. The van der Waals surface area contributed by atoms with Gasteiger partial charge in [-0.05, 0) is 36.8 Å². The first-order chi connectivity index (χ1) is 9.81. The fourth-order valence-corrected chi connectivity index (χ4v) is 2.29. The molecule has 1 N–H and O–H groups in total. The molecule has 1 unspecified atom stereocenters. The molecule has 0 amide bonds. The fraction of sp³-hybridized carbons (Fsp3) is 0.706. The molecule has 0 radical (unpaired) electrons. The molecule has 0 saturated heterocycles. The Labute approximate surface area is 123 Å². The Hall–Kier alpha value is -1.09. The third kappa shape index (κ3) is 5.49. The highest BCUT2D eigenvalue weighted by molar-refractivity contribution is 5.20. The van der Waals surface area contributed by atoms with Crippen molar-refractivity contribution >= 4 is 0 Å². The third-order valence-corrected chi connectivity index (χ3v) is 3.98. The maximum atomic E-state index is 5.88. The molecule has 2 rings (SSSR count). The smallest absolute Gasteiger partial charge is 0.213 e. The van der Waals surface area contributed by atoms with Crippen LogP contribution in [0.5, 0.6) is 5.88 Å². The van der Waals surface area contributed by atoms with Crippen LogP contribution in [0.3, 0.4) is 0 Å². The van der Waals surface area contributed by atoms with Crippen LogP contribution in [0.2, 0.25) is 0 Å². The Kier molecular flexibility index (Phi) is 6.31. The summed E-state index contributed by atoms with van der Waals surface area (Å²) in [6.45, 7) is 6.21. The molecule has 1 aliphatic carbocycles. The zero-order valence-corrected chi connectivity index (χ0v) is 12.9. The SMILES string of the molecule is CCCCC(CC)COc1cc(CNC2CC2)ccn1. The summed E-state index contributed by atoms with van der Waals surface area (Å²) in [7, 11) is 0. The summed E-state index contributed by atoms with van der Waals surface area (Å²) in [4.78, 5) is 4.32. The topological polar surface area (TPSA) is 34.1 Å². The molecule has 0 aromatic carbocycles. The van der Waals surface area contributed by atoms with Gasteiger partial charge < -0.3 is 10.1 Å². The maximum absolute atomic E-state index is 5.88. The van der Waals surface area contributed by atoms with Crippen molar-refractivity contribution in [3.8, 4) is 5.88 Å². The molecule has 1 aliphatic rings. The van der Waals surface area contributed by atoms with Gasteiger partial charge in [0.15, 0.2) is 0 Å². The lowest BCUT2D eigenvalue weighted by Crippen LogP contribution is -2.16. The van der Waals surface area contributed by atoms with Crippen LogP contribution in [0.1, 0.15) is 57.9 Å². The molecular formula is C17H28N2O. The molecule has 1 aromatic heterocycles. The highest BCUT2D eigenvalue weighted by Gasteiger charge is 2.19. The number of hydrogen-bond donors (Lipinski definition) is 1. The van der Waals surface area contributed by atoms with Gasteiger partial charge in [-0.15, -0.1) is 0 Å². The third-order valence-electron chi connectivity index (χ3n) is 3.98.